The summed E-state index contributed by atoms with van der Waals surface area (Å²) in [4.78, 5) is 6.22. The van der Waals surface area contributed by atoms with Gasteiger partial charge in [-0.1, -0.05) is 0 Å². The van der Waals surface area contributed by atoms with Gasteiger partial charge in [0.1, 0.15) is 6.17 Å². The van der Waals surface area contributed by atoms with Gasteiger partial charge in [-0.25, -0.2) is 4.99 Å². The summed E-state index contributed by atoms with van der Waals surface area (Å²) >= 11 is 2.32. The molecular formula is C12H14IN5. The Labute approximate surface area is 119 Å². The molecule has 0 amide bonds. The third kappa shape index (κ3) is 1.45. The molecule has 1 atom stereocenters. The summed E-state index contributed by atoms with van der Waals surface area (Å²) in [5.74, 6) is 0.459. The minimum absolute atomic E-state index is 0.251. The monoisotopic (exact) mass is 355 g/mol. The highest BCUT2D eigenvalue weighted by Crippen LogP contribution is 2.39. The number of hydrogen-bond donors (Lipinski definition) is 2. The first-order valence-corrected chi connectivity index (χ1v) is 6.68. The molecule has 1 unspecified atom stereocenters. The fraction of sp³-hybridized carbons (Fsp3) is 0.250. The van der Waals surface area contributed by atoms with Gasteiger partial charge in [0.25, 0.3) is 0 Å². The number of nitrogens with two attached hydrogens (primary N) is 2. The van der Waals surface area contributed by atoms with Crippen molar-refractivity contribution < 1.29 is 0 Å². The molecule has 0 bridgehead atoms. The van der Waals surface area contributed by atoms with Crippen molar-refractivity contribution in [1.82, 2.24) is 9.47 Å². The van der Waals surface area contributed by atoms with E-state index in [4.69, 9.17) is 11.5 Å². The van der Waals surface area contributed by atoms with Crippen LogP contribution in [-0.2, 0) is 7.05 Å². The van der Waals surface area contributed by atoms with Crippen LogP contribution in [0.25, 0.3) is 10.9 Å². The van der Waals surface area contributed by atoms with Gasteiger partial charge in [0.05, 0.1) is 11.2 Å². The lowest BCUT2D eigenvalue weighted by Gasteiger charge is -2.31. The van der Waals surface area contributed by atoms with Crippen molar-refractivity contribution in [3.63, 3.8) is 0 Å². The Morgan fingerprint density at radius 3 is 2.83 bits per heavy atom. The van der Waals surface area contributed by atoms with E-state index in [9.17, 15) is 0 Å². The molecule has 1 aliphatic rings. The van der Waals surface area contributed by atoms with Crippen LogP contribution < -0.4 is 11.5 Å². The standard InChI is InChI=1S/C12H14IN5/c1-17-4-3-6-9-8(5-7(13)10(6)17)16-12(15)18(2)11(9)14/h3-5,11H,14H2,1-2H3,(H2,15,16). The van der Waals surface area contributed by atoms with E-state index in [2.05, 4.69) is 38.2 Å². The van der Waals surface area contributed by atoms with E-state index in [0.717, 1.165) is 20.2 Å². The molecule has 5 nitrogen and oxygen atoms in total. The zero-order valence-corrected chi connectivity index (χ0v) is 12.3. The second-order valence-corrected chi connectivity index (χ2v) is 5.67. The number of hydrogen-bond acceptors (Lipinski definition) is 4. The molecule has 0 saturated heterocycles. The summed E-state index contributed by atoms with van der Waals surface area (Å²) in [5.41, 5.74) is 15.2. The second-order valence-electron chi connectivity index (χ2n) is 4.51. The van der Waals surface area contributed by atoms with Gasteiger partial charge in [-0.05, 0) is 34.7 Å². The molecule has 0 saturated carbocycles. The molecule has 0 radical (unpaired) electrons. The fourth-order valence-electron chi connectivity index (χ4n) is 2.39. The van der Waals surface area contributed by atoms with E-state index in [0.29, 0.717) is 5.96 Å². The van der Waals surface area contributed by atoms with Gasteiger partial charge >= 0.3 is 0 Å². The Hall–Kier alpha value is -1.28. The van der Waals surface area contributed by atoms with Crippen LogP contribution in [0.15, 0.2) is 23.3 Å². The van der Waals surface area contributed by atoms with Crippen LogP contribution in [0.4, 0.5) is 5.69 Å². The minimum atomic E-state index is -0.251. The van der Waals surface area contributed by atoms with Crippen LogP contribution >= 0.6 is 22.6 Å². The second kappa shape index (κ2) is 3.86. The number of rotatable bonds is 0. The number of halogens is 1. The van der Waals surface area contributed by atoms with E-state index < -0.39 is 0 Å². The summed E-state index contributed by atoms with van der Waals surface area (Å²) in [7, 11) is 3.89. The van der Waals surface area contributed by atoms with E-state index in [1.807, 2.05) is 26.4 Å². The van der Waals surface area contributed by atoms with Gasteiger partial charge < -0.3 is 20.9 Å². The van der Waals surface area contributed by atoms with Gasteiger partial charge in [0, 0.05) is 34.8 Å². The lowest BCUT2D eigenvalue weighted by molar-refractivity contribution is 0.378. The third-order valence-corrected chi connectivity index (χ3v) is 4.26. The highest BCUT2D eigenvalue weighted by atomic mass is 127. The maximum atomic E-state index is 6.26. The molecule has 1 aliphatic heterocycles. The topological polar surface area (TPSA) is 72.6 Å². The number of benzene rings is 1. The van der Waals surface area contributed by atoms with Crippen molar-refractivity contribution in [1.29, 1.82) is 0 Å². The van der Waals surface area contributed by atoms with Crippen molar-refractivity contribution in [2.24, 2.45) is 23.5 Å². The molecule has 2 heterocycles. The van der Waals surface area contributed by atoms with E-state index >= 15 is 0 Å². The first-order chi connectivity index (χ1) is 8.50. The Bertz CT molecular complexity index is 673. The maximum absolute atomic E-state index is 6.26. The number of nitrogens with zero attached hydrogens (tertiary/aromatic N) is 3. The molecule has 2 aromatic rings. The summed E-state index contributed by atoms with van der Waals surface area (Å²) in [6, 6.07) is 4.12. The van der Waals surface area contributed by atoms with Crippen LogP contribution in [0.3, 0.4) is 0 Å². The predicted octanol–water partition coefficient (Wildman–Crippen LogP) is 1.63. The largest absolute Gasteiger partial charge is 0.369 e. The average molecular weight is 355 g/mol. The summed E-state index contributed by atoms with van der Waals surface area (Å²) in [6.07, 6.45) is 1.79. The number of fused-ring (bicyclic) bond motifs is 3. The lowest BCUT2D eigenvalue weighted by atomic mass is 10.0. The van der Waals surface area contributed by atoms with Crippen molar-refractivity contribution in [2.45, 2.75) is 6.17 Å². The van der Waals surface area contributed by atoms with Crippen LogP contribution in [-0.4, -0.2) is 22.5 Å². The minimum Gasteiger partial charge on any atom is -0.369 e. The highest BCUT2D eigenvalue weighted by Gasteiger charge is 2.26. The summed E-state index contributed by atoms with van der Waals surface area (Å²) in [5, 5.41) is 1.15. The van der Waals surface area contributed by atoms with Gasteiger partial charge in [-0.15, -0.1) is 0 Å². The van der Waals surface area contributed by atoms with Gasteiger partial charge in [-0.2, -0.15) is 0 Å². The van der Waals surface area contributed by atoms with Crippen LogP contribution in [0.5, 0.6) is 0 Å². The predicted molar refractivity (Wildman–Crippen MR) is 81.6 cm³/mol. The number of aromatic nitrogens is 1. The molecular weight excluding hydrogens is 341 g/mol. The third-order valence-electron chi connectivity index (χ3n) is 3.44. The molecule has 3 rings (SSSR count). The van der Waals surface area contributed by atoms with E-state index in [-0.39, 0.29) is 6.17 Å². The number of guanidine groups is 1. The van der Waals surface area contributed by atoms with E-state index in [1.54, 1.807) is 4.90 Å². The lowest BCUT2D eigenvalue weighted by Crippen LogP contribution is -2.42. The van der Waals surface area contributed by atoms with Crippen molar-refractivity contribution in [3.05, 3.63) is 27.5 Å². The molecule has 1 aromatic heterocycles. The zero-order valence-electron chi connectivity index (χ0n) is 10.2. The van der Waals surface area contributed by atoms with Gasteiger partial charge in [0.2, 0.25) is 0 Å². The first kappa shape index (κ1) is 11.8. The zero-order chi connectivity index (χ0) is 13.0. The van der Waals surface area contributed by atoms with Gasteiger partial charge in [0.15, 0.2) is 5.96 Å². The number of aliphatic imine (C=N–C) groups is 1. The maximum Gasteiger partial charge on any atom is 0.197 e. The first-order valence-electron chi connectivity index (χ1n) is 5.60. The highest BCUT2D eigenvalue weighted by molar-refractivity contribution is 14.1. The normalized spacial score (nSPS) is 19.0. The smallest absolute Gasteiger partial charge is 0.197 e. The van der Waals surface area contributed by atoms with Crippen LogP contribution in [0, 0.1) is 3.57 Å². The fourth-order valence-corrected chi connectivity index (χ4v) is 3.36. The van der Waals surface area contributed by atoms with Gasteiger partial charge in [-0.3, -0.25) is 0 Å². The van der Waals surface area contributed by atoms with Crippen molar-refractivity contribution in [3.8, 4) is 0 Å². The SMILES string of the molecule is CN1C(N)=Nc2cc(I)c3c(ccn3C)c2C1N. The van der Waals surface area contributed by atoms with E-state index in [1.165, 1.54) is 5.52 Å². The van der Waals surface area contributed by atoms with Crippen LogP contribution in [0.1, 0.15) is 11.7 Å². The summed E-state index contributed by atoms with van der Waals surface area (Å²) < 4.78 is 3.26. The van der Waals surface area contributed by atoms with Crippen molar-refractivity contribution >= 4 is 45.1 Å². The van der Waals surface area contributed by atoms with Crippen LogP contribution in [0.2, 0.25) is 0 Å². The molecule has 0 aliphatic carbocycles. The molecule has 6 heteroatoms. The molecule has 0 spiro atoms. The molecule has 0 fully saturated rings. The molecule has 94 valence electrons. The number of aryl methyl sites for hydroxylation is 1. The Kier molecular flexibility index (Phi) is 2.53. The average Bonchev–Trinajstić information content (AvgIpc) is 2.69. The molecule has 18 heavy (non-hydrogen) atoms. The summed E-state index contributed by atoms with van der Waals surface area (Å²) in [6.45, 7) is 0. The van der Waals surface area contributed by atoms with Crippen molar-refractivity contribution in [2.75, 3.05) is 7.05 Å². The Balaban J connectivity index is 2.42. The molecule has 4 N–H and O–H groups in total. The Morgan fingerprint density at radius 1 is 1.39 bits per heavy atom. The Morgan fingerprint density at radius 2 is 2.11 bits per heavy atom. The molecule has 1 aromatic carbocycles. The quantitative estimate of drug-likeness (QED) is 0.706.